The quantitative estimate of drug-likeness (QED) is 0.476. The number of thiocarbonyl (C=S) groups is 1. The molecule has 0 aliphatic heterocycles. The number of unbranched alkanes of at least 4 members (excludes halogenated alkanes) is 1. The van der Waals surface area contributed by atoms with Crippen molar-refractivity contribution >= 4 is 29.2 Å². The zero-order valence-corrected chi connectivity index (χ0v) is 15.8. The van der Waals surface area contributed by atoms with E-state index in [0.717, 1.165) is 18.4 Å². The number of carboxylic acid groups (broad SMARTS) is 1. The topological polar surface area (TPSA) is 87.7 Å². The van der Waals surface area contributed by atoms with E-state index in [0.29, 0.717) is 24.5 Å². The maximum absolute atomic E-state index is 12.3. The second-order valence-corrected chi connectivity index (χ2v) is 6.28. The average Bonchev–Trinajstić information content (AvgIpc) is 2.67. The van der Waals surface area contributed by atoms with E-state index in [1.807, 2.05) is 6.07 Å². The Morgan fingerprint density at radius 3 is 2.52 bits per heavy atom. The molecule has 0 heterocycles. The molecule has 1 amide bonds. The van der Waals surface area contributed by atoms with Crippen molar-refractivity contribution in [2.75, 3.05) is 6.61 Å². The molecule has 3 N–H and O–H groups in total. The molecule has 0 fully saturated rings. The second kappa shape index (κ2) is 10.3. The third-order valence-electron chi connectivity index (χ3n) is 3.74. The summed E-state index contributed by atoms with van der Waals surface area (Å²) in [5.41, 5.74) is 1.53. The molecule has 0 bridgehead atoms. The van der Waals surface area contributed by atoms with Crippen LogP contribution < -0.4 is 15.4 Å². The summed E-state index contributed by atoms with van der Waals surface area (Å²) in [5, 5.41) is 14.6. The van der Waals surface area contributed by atoms with E-state index in [1.165, 1.54) is 12.1 Å². The Hall–Kier alpha value is -2.93. The molecule has 0 unspecified atom stereocenters. The van der Waals surface area contributed by atoms with E-state index < -0.39 is 5.97 Å². The molecule has 0 atom stereocenters. The van der Waals surface area contributed by atoms with Crippen molar-refractivity contribution in [1.82, 2.24) is 10.6 Å². The van der Waals surface area contributed by atoms with Crippen molar-refractivity contribution in [3.8, 4) is 5.75 Å². The molecule has 0 aliphatic carbocycles. The molecule has 0 spiro atoms. The molecule has 0 aromatic heterocycles. The molecule has 2 aromatic carbocycles. The molecule has 27 heavy (non-hydrogen) atoms. The second-order valence-electron chi connectivity index (χ2n) is 5.87. The van der Waals surface area contributed by atoms with Gasteiger partial charge in [0.2, 0.25) is 0 Å². The normalized spacial score (nSPS) is 10.1. The van der Waals surface area contributed by atoms with Crippen LogP contribution in [0.4, 0.5) is 0 Å². The minimum absolute atomic E-state index is 0.194. The number of benzene rings is 2. The van der Waals surface area contributed by atoms with Crippen molar-refractivity contribution in [2.45, 2.75) is 26.3 Å². The fraction of sp³-hybridized carbons (Fsp3) is 0.250. The number of carbonyl (C=O) groups is 2. The zero-order chi connectivity index (χ0) is 19.6. The maximum atomic E-state index is 12.3. The SMILES string of the molecule is CCCCOc1cccc(C(=O)NC(=S)NCc2ccc(C(=O)O)cc2)c1. The van der Waals surface area contributed by atoms with Crippen LogP contribution in [0.25, 0.3) is 0 Å². The number of carbonyl (C=O) groups excluding carboxylic acids is 1. The minimum Gasteiger partial charge on any atom is -0.494 e. The standard InChI is InChI=1S/C20H22N2O4S/c1-2-3-11-26-17-6-4-5-16(12-17)18(23)22-20(27)21-13-14-7-9-15(10-8-14)19(24)25/h4-10,12H,2-3,11,13H2,1H3,(H,24,25)(H2,21,22,23,27). The predicted molar refractivity (Wildman–Crippen MR) is 107 cm³/mol. The zero-order valence-electron chi connectivity index (χ0n) is 15.0. The predicted octanol–water partition coefficient (Wildman–Crippen LogP) is 3.37. The fourth-order valence-corrected chi connectivity index (χ4v) is 2.39. The Kier molecular flexibility index (Phi) is 7.76. The molecular weight excluding hydrogens is 364 g/mol. The molecular formula is C20H22N2O4S. The highest BCUT2D eigenvalue weighted by atomic mass is 32.1. The van der Waals surface area contributed by atoms with Crippen LogP contribution in [0.2, 0.25) is 0 Å². The van der Waals surface area contributed by atoms with Crippen LogP contribution >= 0.6 is 12.2 Å². The molecule has 0 aliphatic rings. The van der Waals surface area contributed by atoms with Crippen LogP contribution in [-0.2, 0) is 6.54 Å². The number of hydrogen-bond donors (Lipinski definition) is 3. The number of nitrogens with one attached hydrogen (secondary N) is 2. The van der Waals surface area contributed by atoms with Crippen molar-refractivity contribution < 1.29 is 19.4 Å². The molecule has 2 rings (SSSR count). The van der Waals surface area contributed by atoms with Gasteiger partial charge in [0.1, 0.15) is 5.75 Å². The Morgan fingerprint density at radius 2 is 1.85 bits per heavy atom. The summed E-state index contributed by atoms with van der Waals surface area (Å²) < 4.78 is 5.60. The van der Waals surface area contributed by atoms with Crippen LogP contribution in [0, 0.1) is 0 Å². The summed E-state index contributed by atoms with van der Waals surface area (Å²) >= 11 is 5.15. The Labute approximate surface area is 163 Å². The monoisotopic (exact) mass is 386 g/mol. The van der Waals surface area contributed by atoms with Gasteiger partial charge in [-0.3, -0.25) is 10.1 Å². The van der Waals surface area contributed by atoms with Gasteiger partial charge in [-0.25, -0.2) is 4.79 Å². The van der Waals surface area contributed by atoms with Crippen molar-refractivity contribution in [3.05, 3.63) is 65.2 Å². The van der Waals surface area contributed by atoms with Crippen LogP contribution in [0.1, 0.15) is 46.0 Å². The number of ether oxygens (including phenoxy) is 1. The van der Waals surface area contributed by atoms with E-state index in [1.54, 1.807) is 30.3 Å². The van der Waals surface area contributed by atoms with Gasteiger partial charge in [0.15, 0.2) is 5.11 Å². The summed E-state index contributed by atoms with van der Waals surface area (Å²) in [6, 6.07) is 13.4. The third-order valence-corrected chi connectivity index (χ3v) is 3.99. The highest BCUT2D eigenvalue weighted by Crippen LogP contribution is 2.14. The van der Waals surface area contributed by atoms with Gasteiger partial charge in [-0.15, -0.1) is 0 Å². The van der Waals surface area contributed by atoms with Gasteiger partial charge in [0.05, 0.1) is 12.2 Å². The van der Waals surface area contributed by atoms with Crippen LogP contribution in [0.3, 0.4) is 0 Å². The van der Waals surface area contributed by atoms with Gasteiger partial charge in [0, 0.05) is 12.1 Å². The maximum Gasteiger partial charge on any atom is 0.335 e. The molecule has 2 aromatic rings. The lowest BCUT2D eigenvalue weighted by Crippen LogP contribution is -2.38. The van der Waals surface area contributed by atoms with E-state index in [2.05, 4.69) is 17.6 Å². The van der Waals surface area contributed by atoms with E-state index in [-0.39, 0.29) is 16.6 Å². The number of aromatic carboxylic acids is 1. The van der Waals surface area contributed by atoms with Crippen molar-refractivity contribution in [1.29, 1.82) is 0 Å². The van der Waals surface area contributed by atoms with Crippen LogP contribution in [0.5, 0.6) is 5.75 Å². The minimum atomic E-state index is -0.974. The highest BCUT2D eigenvalue weighted by Gasteiger charge is 2.09. The lowest BCUT2D eigenvalue weighted by molar-refractivity contribution is 0.0696. The molecule has 0 radical (unpaired) electrons. The van der Waals surface area contributed by atoms with Gasteiger partial charge in [0.25, 0.3) is 5.91 Å². The van der Waals surface area contributed by atoms with Crippen LogP contribution in [0.15, 0.2) is 48.5 Å². The van der Waals surface area contributed by atoms with Gasteiger partial charge < -0.3 is 15.2 Å². The van der Waals surface area contributed by atoms with Crippen molar-refractivity contribution in [2.24, 2.45) is 0 Å². The summed E-state index contributed by atoms with van der Waals surface area (Å²) in [5.74, 6) is -0.652. The lowest BCUT2D eigenvalue weighted by Gasteiger charge is -2.11. The largest absolute Gasteiger partial charge is 0.494 e. The number of hydrogen-bond acceptors (Lipinski definition) is 4. The van der Waals surface area contributed by atoms with E-state index in [9.17, 15) is 9.59 Å². The highest BCUT2D eigenvalue weighted by molar-refractivity contribution is 7.80. The van der Waals surface area contributed by atoms with Gasteiger partial charge in [-0.05, 0) is 54.5 Å². The first-order chi connectivity index (χ1) is 13.0. The number of carboxylic acids is 1. The summed E-state index contributed by atoms with van der Waals surface area (Å²) in [4.78, 5) is 23.1. The average molecular weight is 386 g/mol. The molecule has 0 saturated carbocycles. The third kappa shape index (κ3) is 6.71. The summed E-state index contributed by atoms with van der Waals surface area (Å²) in [7, 11) is 0. The smallest absolute Gasteiger partial charge is 0.335 e. The van der Waals surface area contributed by atoms with Crippen molar-refractivity contribution in [3.63, 3.8) is 0 Å². The summed E-state index contributed by atoms with van der Waals surface area (Å²) in [6.45, 7) is 3.07. The van der Waals surface area contributed by atoms with Gasteiger partial charge >= 0.3 is 5.97 Å². The molecule has 7 heteroatoms. The van der Waals surface area contributed by atoms with Crippen LogP contribution in [-0.4, -0.2) is 28.7 Å². The molecule has 6 nitrogen and oxygen atoms in total. The Morgan fingerprint density at radius 1 is 1.11 bits per heavy atom. The Bertz CT molecular complexity index is 806. The van der Waals surface area contributed by atoms with E-state index >= 15 is 0 Å². The van der Waals surface area contributed by atoms with Gasteiger partial charge in [-0.2, -0.15) is 0 Å². The number of rotatable bonds is 8. The van der Waals surface area contributed by atoms with E-state index in [4.69, 9.17) is 22.1 Å². The molecule has 0 saturated heterocycles. The lowest BCUT2D eigenvalue weighted by atomic mass is 10.1. The fourth-order valence-electron chi connectivity index (χ4n) is 2.23. The first kappa shape index (κ1) is 20.4. The van der Waals surface area contributed by atoms with Gasteiger partial charge in [-0.1, -0.05) is 31.5 Å². The first-order valence-electron chi connectivity index (χ1n) is 8.64. The Balaban J connectivity index is 1.85. The molecule has 142 valence electrons. The first-order valence-corrected chi connectivity index (χ1v) is 9.04. The summed E-state index contributed by atoms with van der Waals surface area (Å²) in [6.07, 6.45) is 2.00. The number of amides is 1.